The lowest BCUT2D eigenvalue weighted by molar-refractivity contribution is 0.0889. The number of nitrogens with one attached hydrogen (secondary N) is 1. The van der Waals surface area contributed by atoms with Gasteiger partial charge in [-0.05, 0) is 37.8 Å². The zero-order valence-electron chi connectivity index (χ0n) is 16.0. The minimum absolute atomic E-state index is 0.135. The molecule has 1 amide bonds. The number of imidazole rings is 1. The Morgan fingerprint density at radius 3 is 2.52 bits per heavy atom. The second-order valence-electron chi connectivity index (χ2n) is 7.54. The molecule has 0 fully saturated rings. The summed E-state index contributed by atoms with van der Waals surface area (Å²) in [5, 5.41) is 3.06. The molecule has 6 heteroatoms. The third kappa shape index (κ3) is 4.18. The van der Waals surface area contributed by atoms with Crippen LogP contribution in [0.15, 0.2) is 29.6 Å². The fourth-order valence-electron chi connectivity index (χ4n) is 2.97. The maximum atomic E-state index is 12.9. The van der Waals surface area contributed by atoms with Crippen LogP contribution in [-0.4, -0.2) is 26.1 Å². The molecule has 0 aliphatic heterocycles. The van der Waals surface area contributed by atoms with Gasteiger partial charge in [0.2, 0.25) is 0 Å². The lowest BCUT2D eigenvalue weighted by atomic mass is 9.86. The molecule has 6 nitrogen and oxygen atoms in total. The van der Waals surface area contributed by atoms with Gasteiger partial charge in [0, 0.05) is 31.2 Å². The van der Waals surface area contributed by atoms with E-state index < -0.39 is 0 Å². The number of carbonyl (C=O) groups is 1. The Labute approximate surface area is 148 Å². The van der Waals surface area contributed by atoms with Crippen molar-refractivity contribution >= 4 is 5.91 Å². The molecule has 2 heterocycles. The van der Waals surface area contributed by atoms with Gasteiger partial charge in [-0.2, -0.15) is 0 Å². The first-order valence-electron chi connectivity index (χ1n) is 8.62. The van der Waals surface area contributed by atoms with Gasteiger partial charge in [0.05, 0.1) is 12.4 Å². The molecule has 0 saturated heterocycles. The number of aromatic nitrogens is 3. The molecule has 2 rings (SSSR count). The molecule has 0 bridgehead atoms. The van der Waals surface area contributed by atoms with E-state index in [1.165, 1.54) is 0 Å². The lowest BCUT2D eigenvalue weighted by Crippen LogP contribution is -2.48. The third-order valence-corrected chi connectivity index (χ3v) is 4.55. The Hall–Kier alpha value is -2.37. The predicted molar refractivity (Wildman–Crippen MR) is 98.8 cm³/mol. The van der Waals surface area contributed by atoms with Crippen molar-refractivity contribution in [2.75, 3.05) is 0 Å². The molecule has 0 aliphatic rings. The van der Waals surface area contributed by atoms with Crippen molar-refractivity contribution in [1.82, 2.24) is 19.4 Å². The SMILES string of the molecule is CCn1c(C)cc(C)c(C(=O)N[C@H](Cn2ccnc2)C(C)(C)C)c1=O. The van der Waals surface area contributed by atoms with E-state index in [4.69, 9.17) is 0 Å². The summed E-state index contributed by atoms with van der Waals surface area (Å²) >= 11 is 0. The van der Waals surface area contributed by atoms with Crippen molar-refractivity contribution in [3.8, 4) is 0 Å². The summed E-state index contributed by atoms with van der Waals surface area (Å²) in [7, 11) is 0. The fourth-order valence-corrected chi connectivity index (χ4v) is 2.97. The summed E-state index contributed by atoms with van der Waals surface area (Å²) in [5.41, 5.74) is 1.41. The Morgan fingerprint density at radius 1 is 1.32 bits per heavy atom. The molecular formula is C19H28N4O2. The summed E-state index contributed by atoms with van der Waals surface area (Å²) in [5.74, 6) is -0.315. The predicted octanol–water partition coefficient (Wildman–Crippen LogP) is 2.53. The highest BCUT2D eigenvalue weighted by molar-refractivity contribution is 5.95. The number of hydrogen-bond acceptors (Lipinski definition) is 3. The molecule has 0 aromatic carbocycles. The summed E-state index contributed by atoms with van der Waals surface area (Å²) in [6.07, 6.45) is 5.31. The quantitative estimate of drug-likeness (QED) is 0.906. The van der Waals surface area contributed by atoms with Crippen LogP contribution in [0.3, 0.4) is 0 Å². The largest absolute Gasteiger partial charge is 0.347 e. The smallest absolute Gasteiger partial charge is 0.263 e. The lowest BCUT2D eigenvalue weighted by Gasteiger charge is -2.32. The zero-order valence-corrected chi connectivity index (χ0v) is 16.0. The van der Waals surface area contributed by atoms with Gasteiger partial charge in [-0.1, -0.05) is 20.8 Å². The third-order valence-electron chi connectivity index (χ3n) is 4.55. The van der Waals surface area contributed by atoms with Crippen LogP contribution in [0.4, 0.5) is 0 Å². The Balaban J connectivity index is 2.34. The van der Waals surface area contributed by atoms with Gasteiger partial charge >= 0.3 is 0 Å². The monoisotopic (exact) mass is 344 g/mol. The van der Waals surface area contributed by atoms with Crippen LogP contribution in [0.5, 0.6) is 0 Å². The van der Waals surface area contributed by atoms with Crippen molar-refractivity contribution < 1.29 is 4.79 Å². The first kappa shape index (κ1) is 19.0. The molecule has 0 aliphatic carbocycles. The first-order chi connectivity index (χ1) is 11.6. The number of pyridine rings is 1. The van der Waals surface area contributed by atoms with Crippen LogP contribution in [0, 0.1) is 19.3 Å². The normalized spacial score (nSPS) is 12.9. The van der Waals surface area contributed by atoms with Crippen LogP contribution in [0.25, 0.3) is 0 Å². The van der Waals surface area contributed by atoms with E-state index in [1.54, 1.807) is 17.1 Å². The van der Waals surface area contributed by atoms with Gasteiger partial charge in [0.1, 0.15) is 5.56 Å². The van der Waals surface area contributed by atoms with Gasteiger partial charge in [-0.15, -0.1) is 0 Å². The molecule has 2 aromatic heterocycles. The summed E-state index contributed by atoms with van der Waals surface area (Å²) in [6.45, 7) is 13.0. The molecule has 0 radical (unpaired) electrons. The minimum atomic E-state index is -0.315. The highest BCUT2D eigenvalue weighted by atomic mass is 16.2. The van der Waals surface area contributed by atoms with E-state index in [0.29, 0.717) is 18.7 Å². The molecule has 0 saturated carbocycles. The van der Waals surface area contributed by atoms with E-state index in [-0.39, 0.29) is 28.5 Å². The molecular weight excluding hydrogens is 316 g/mol. The fraction of sp³-hybridized carbons (Fsp3) is 0.526. The van der Waals surface area contributed by atoms with Crippen molar-refractivity contribution in [2.24, 2.45) is 5.41 Å². The number of carbonyl (C=O) groups excluding carboxylic acids is 1. The molecule has 1 atom stereocenters. The van der Waals surface area contributed by atoms with Gasteiger partial charge in [0.15, 0.2) is 0 Å². The minimum Gasteiger partial charge on any atom is -0.347 e. The zero-order chi connectivity index (χ0) is 18.8. The molecule has 25 heavy (non-hydrogen) atoms. The van der Waals surface area contributed by atoms with Crippen LogP contribution < -0.4 is 10.9 Å². The second-order valence-corrected chi connectivity index (χ2v) is 7.54. The second kappa shape index (κ2) is 7.25. The Morgan fingerprint density at radius 2 is 2.00 bits per heavy atom. The molecule has 2 aromatic rings. The molecule has 0 unspecified atom stereocenters. The van der Waals surface area contributed by atoms with Crippen LogP contribution in [0.2, 0.25) is 0 Å². The molecule has 136 valence electrons. The van der Waals surface area contributed by atoms with Crippen molar-refractivity contribution in [1.29, 1.82) is 0 Å². The standard InChI is InChI=1S/C19H28N4O2/c1-7-23-14(3)10-13(2)16(18(23)25)17(24)21-15(19(4,5)6)11-22-9-8-20-12-22/h8-10,12,15H,7,11H2,1-6H3,(H,21,24)/t15-/m1/s1. The summed E-state index contributed by atoms with van der Waals surface area (Å²) in [6, 6.07) is 1.76. The molecule has 1 N–H and O–H groups in total. The van der Waals surface area contributed by atoms with Crippen LogP contribution >= 0.6 is 0 Å². The highest BCUT2D eigenvalue weighted by Gasteiger charge is 2.28. The van der Waals surface area contributed by atoms with Crippen LogP contribution in [-0.2, 0) is 13.1 Å². The van der Waals surface area contributed by atoms with Gasteiger partial charge < -0.3 is 14.5 Å². The Bertz CT molecular complexity index is 798. The average molecular weight is 344 g/mol. The summed E-state index contributed by atoms with van der Waals surface area (Å²) in [4.78, 5) is 29.7. The van der Waals surface area contributed by atoms with E-state index >= 15 is 0 Å². The van der Waals surface area contributed by atoms with Crippen molar-refractivity contribution in [3.05, 3.63) is 52.0 Å². The maximum Gasteiger partial charge on any atom is 0.263 e. The number of hydrogen-bond donors (Lipinski definition) is 1. The number of nitrogens with zero attached hydrogens (tertiary/aromatic N) is 3. The van der Waals surface area contributed by atoms with E-state index in [0.717, 1.165) is 5.69 Å². The van der Waals surface area contributed by atoms with Gasteiger partial charge in [0.25, 0.3) is 11.5 Å². The average Bonchev–Trinajstić information content (AvgIpc) is 2.98. The van der Waals surface area contributed by atoms with Gasteiger partial charge in [-0.3, -0.25) is 9.59 Å². The molecule has 0 spiro atoms. The highest BCUT2D eigenvalue weighted by Crippen LogP contribution is 2.21. The maximum absolute atomic E-state index is 12.9. The number of rotatable bonds is 5. The van der Waals surface area contributed by atoms with Crippen molar-refractivity contribution in [3.63, 3.8) is 0 Å². The van der Waals surface area contributed by atoms with E-state index in [1.807, 2.05) is 37.6 Å². The number of amides is 1. The number of aryl methyl sites for hydroxylation is 2. The van der Waals surface area contributed by atoms with E-state index in [2.05, 4.69) is 31.1 Å². The summed E-state index contributed by atoms with van der Waals surface area (Å²) < 4.78 is 3.56. The van der Waals surface area contributed by atoms with Crippen molar-refractivity contribution in [2.45, 2.75) is 60.7 Å². The van der Waals surface area contributed by atoms with Crippen LogP contribution in [0.1, 0.15) is 49.3 Å². The Kier molecular flexibility index (Phi) is 5.50. The van der Waals surface area contributed by atoms with E-state index in [9.17, 15) is 9.59 Å². The topological polar surface area (TPSA) is 68.9 Å². The first-order valence-corrected chi connectivity index (χ1v) is 8.62. The van der Waals surface area contributed by atoms with Gasteiger partial charge in [-0.25, -0.2) is 4.98 Å².